The van der Waals surface area contributed by atoms with Crippen LogP contribution >= 0.6 is 0 Å². The van der Waals surface area contributed by atoms with Gasteiger partial charge in [-0.25, -0.2) is 0 Å². The highest BCUT2D eigenvalue weighted by Gasteiger charge is 2.34. The number of halogens is 3. The van der Waals surface area contributed by atoms with Crippen LogP contribution in [0.4, 0.5) is 13.2 Å². The van der Waals surface area contributed by atoms with Crippen LogP contribution < -0.4 is 16.4 Å². The molecule has 29 heavy (non-hydrogen) atoms. The van der Waals surface area contributed by atoms with Crippen LogP contribution in [0.1, 0.15) is 39.0 Å². The first-order valence-corrected chi connectivity index (χ1v) is 10.6. The average Bonchev–Trinajstić information content (AvgIpc) is 3.06. The molecule has 0 bridgehead atoms. The molecule has 7 nitrogen and oxygen atoms in total. The van der Waals surface area contributed by atoms with Crippen LogP contribution in [0.5, 0.6) is 0 Å². The minimum atomic E-state index is -4.15. The number of primary amides is 1. The van der Waals surface area contributed by atoms with Gasteiger partial charge in [-0.2, -0.15) is 13.2 Å². The van der Waals surface area contributed by atoms with E-state index in [2.05, 4.69) is 20.5 Å². The molecule has 0 aromatic heterocycles. The van der Waals surface area contributed by atoms with Gasteiger partial charge in [0.1, 0.15) is 0 Å². The van der Waals surface area contributed by atoms with E-state index >= 15 is 0 Å². The molecule has 2 aliphatic heterocycles. The number of hydrogen-bond donors (Lipinski definition) is 3. The van der Waals surface area contributed by atoms with Crippen LogP contribution in [0, 0.1) is 5.92 Å². The van der Waals surface area contributed by atoms with Gasteiger partial charge in [-0.3, -0.25) is 14.7 Å². The molecule has 168 valence electrons. The lowest BCUT2D eigenvalue weighted by Crippen LogP contribution is -2.45. The van der Waals surface area contributed by atoms with Gasteiger partial charge in [0, 0.05) is 38.1 Å². The molecule has 2 heterocycles. The van der Waals surface area contributed by atoms with Crippen molar-refractivity contribution in [3.63, 3.8) is 0 Å². The topological polar surface area (TPSA) is 86.0 Å². The number of unbranched alkanes of at least 4 members (excludes halogenated alkanes) is 1. The fraction of sp³-hybridized carbons (Fsp3) is 0.895. The number of rotatable bonds is 9. The first-order valence-electron chi connectivity index (χ1n) is 10.6. The second-order valence-corrected chi connectivity index (χ2v) is 7.97. The van der Waals surface area contributed by atoms with E-state index in [0.29, 0.717) is 38.6 Å². The molecule has 2 fully saturated rings. The zero-order valence-electron chi connectivity index (χ0n) is 17.3. The number of alkyl halides is 3. The lowest BCUT2D eigenvalue weighted by atomic mass is 9.96. The van der Waals surface area contributed by atoms with Crippen molar-refractivity contribution in [2.45, 2.75) is 51.2 Å². The van der Waals surface area contributed by atoms with Crippen LogP contribution in [0.3, 0.4) is 0 Å². The van der Waals surface area contributed by atoms with Crippen LogP contribution in [0.15, 0.2) is 4.99 Å². The molecular formula is C19H35F3N6O. The van der Waals surface area contributed by atoms with Gasteiger partial charge < -0.3 is 21.3 Å². The minimum absolute atomic E-state index is 0.0123. The van der Waals surface area contributed by atoms with Gasteiger partial charge in [0.15, 0.2) is 5.96 Å². The Kier molecular flexibility index (Phi) is 9.48. The van der Waals surface area contributed by atoms with E-state index in [1.807, 2.05) is 6.92 Å². The summed E-state index contributed by atoms with van der Waals surface area (Å²) in [7, 11) is 0. The molecule has 0 saturated carbocycles. The highest BCUT2D eigenvalue weighted by Crippen LogP contribution is 2.20. The molecule has 1 atom stereocenters. The summed E-state index contributed by atoms with van der Waals surface area (Å²) < 4.78 is 37.6. The number of aliphatic imine (C=N–C) groups is 1. The first-order chi connectivity index (χ1) is 13.8. The number of likely N-dealkylation sites (tertiary alicyclic amines) is 2. The molecule has 1 amide bonds. The van der Waals surface area contributed by atoms with Gasteiger partial charge in [0.25, 0.3) is 0 Å². The Balaban J connectivity index is 1.64. The molecule has 0 aromatic carbocycles. The largest absolute Gasteiger partial charge is 0.401 e. The molecule has 0 aromatic rings. The maximum atomic E-state index is 12.5. The fourth-order valence-electron chi connectivity index (χ4n) is 3.94. The van der Waals surface area contributed by atoms with E-state index in [0.717, 1.165) is 45.3 Å². The lowest BCUT2D eigenvalue weighted by molar-refractivity contribution is -0.143. The quantitative estimate of drug-likeness (QED) is 0.296. The second kappa shape index (κ2) is 11.6. The van der Waals surface area contributed by atoms with Crippen molar-refractivity contribution in [1.29, 1.82) is 0 Å². The number of nitrogens with two attached hydrogens (primary N) is 1. The molecule has 10 heteroatoms. The molecule has 0 aliphatic carbocycles. The Morgan fingerprint density at radius 1 is 1.14 bits per heavy atom. The Bertz CT molecular complexity index is 535. The number of amides is 1. The molecular weight excluding hydrogens is 385 g/mol. The zero-order chi connectivity index (χ0) is 21.3. The summed E-state index contributed by atoms with van der Waals surface area (Å²) in [5, 5.41) is 6.44. The van der Waals surface area contributed by atoms with Gasteiger partial charge in [-0.05, 0) is 58.7 Å². The van der Waals surface area contributed by atoms with Crippen LogP contribution in [-0.2, 0) is 4.79 Å². The van der Waals surface area contributed by atoms with Crippen LogP contribution in [0.2, 0.25) is 0 Å². The van der Waals surface area contributed by atoms with Crippen molar-refractivity contribution < 1.29 is 18.0 Å². The lowest BCUT2D eigenvalue weighted by Gasteiger charge is -2.30. The number of carbonyl (C=O) groups is 1. The normalized spacial score (nSPS) is 22.8. The third-order valence-corrected chi connectivity index (χ3v) is 5.50. The maximum absolute atomic E-state index is 12.5. The van der Waals surface area contributed by atoms with Crippen molar-refractivity contribution in [1.82, 2.24) is 20.4 Å². The van der Waals surface area contributed by atoms with Gasteiger partial charge in [-0.15, -0.1) is 0 Å². The Morgan fingerprint density at radius 2 is 1.83 bits per heavy atom. The SMILES string of the molecule is CCNC(=NCCCCN1CCC(C(N)=O)CC1)NC1CCN(CC(F)(F)F)C1. The highest BCUT2D eigenvalue weighted by molar-refractivity contribution is 5.80. The predicted octanol–water partition coefficient (Wildman–Crippen LogP) is 1.16. The summed E-state index contributed by atoms with van der Waals surface area (Å²) in [5.41, 5.74) is 5.36. The summed E-state index contributed by atoms with van der Waals surface area (Å²) in [6.45, 7) is 6.14. The second-order valence-electron chi connectivity index (χ2n) is 7.97. The first kappa shape index (κ1) is 23.7. The van der Waals surface area contributed by atoms with Crippen molar-refractivity contribution >= 4 is 11.9 Å². The van der Waals surface area contributed by atoms with Crippen molar-refractivity contribution in [2.75, 3.05) is 52.4 Å². The summed E-state index contributed by atoms with van der Waals surface area (Å²) in [6, 6.07) is -0.0123. The van der Waals surface area contributed by atoms with Gasteiger partial charge >= 0.3 is 6.18 Å². The number of piperidine rings is 1. The molecule has 2 rings (SSSR count). The number of carbonyl (C=O) groups excluding carboxylic acids is 1. The van der Waals surface area contributed by atoms with E-state index < -0.39 is 12.7 Å². The molecule has 0 radical (unpaired) electrons. The van der Waals surface area contributed by atoms with Gasteiger partial charge in [-0.1, -0.05) is 0 Å². The molecule has 4 N–H and O–H groups in total. The number of nitrogens with zero attached hydrogens (tertiary/aromatic N) is 3. The summed E-state index contributed by atoms with van der Waals surface area (Å²) in [5.74, 6) is 0.507. The maximum Gasteiger partial charge on any atom is 0.401 e. The Labute approximate surface area is 171 Å². The van der Waals surface area contributed by atoms with E-state index in [1.165, 1.54) is 4.90 Å². The summed E-state index contributed by atoms with van der Waals surface area (Å²) in [4.78, 5) is 19.6. The Hall–Kier alpha value is -1.55. The summed E-state index contributed by atoms with van der Waals surface area (Å²) in [6.07, 6.45) is 0.178. The molecule has 2 aliphatic rings. The smallest absolute Gasteiger partial charge is 0.369 e. The number of nitrogens with one attached hydrogen (secondary N) is 2. The number of hydrogen-bond acceptors (Lipinski definition) is 4. The van der Waals surface area contributed by atoms with E-state index in [9.17, 15) is 18.0 Å². The number of guanidine groups is 1. The third kappa shape index (κ3) is 9.20. The van der Waals surface area contributed by atoms with Crippen molar-refractivity contribution in [3.05, 3.63) is 0 Å². The highest BCUT2D eigenvalue weighted by atomic mass is 19.4. The van der Waals surface area contributed by atoms with Gasteiger partial charge in [0.05, 0.1) is 6.54 Å². The monoisotopic (exact) mass is 420 g/mol. The average molecular weight is 421 g/mol. The van der Waals surface area contributed by atoms with E-state index in [-0.39, 0.29) is 17.9 Å². The van der Waals surface area contributed by atoms with E-state index in [1.54, 1.807) is 0 Å². The molecule has 0 spiro atoms. The van der Waals surface area contributed by atoms with Crippen molar-refractivity contribution in [3.8, 4) is 0 Å². The van der Waals surface area contributed by atoms with E-state index in [4.69, 9.17) is 5.73 Å². The minimum Gasteiger partial charge on any atom is -0.369 e. The predicted molar refractivity (Wildman–Crippen MR) is 108 cm³/mol. The molecule has 2 saturated heterocycles. The van der Waals surface area contributed by atoms with Crippen LogP contribution in [0.25, 0.3) is 0 Å². The van der Waals surface area contributed by atoms with Gasteiger partial charge in [0.2, 0.25) is 5.91 Å². The standard InChI is InChI=1S/C19H35F3N6O/c1-2-24-18(26-16-7-12-28(13-16)14-19(20,21)22)25-8-3-4-9-27-10-5-15(6-11-27)17(23)29/h15-16H,2-14H2,1H3,(H2,23,29)(H2,24,25,26). The fourth-order valence-corrected chi connectivity index (χ4v) is 3.94. The Morgan fingerprint density at radius 3 is 2.45 bits per heavy atom. The third-order valence-electron chi connectivity index (χ3n) is 5.50. The summed E-state index contributed by atoms with van der Waals surface area (Å²) >= 11 is 0. The molecule has 1 unspecified atom stereocenters. The van der Waals surface area contributed by atoms with Crippen LogP contribution in [-0.4, -0.2) is 86.2 Å². The zero-order valence-corrected chi connectivity index (χ0v) is 17.3. The van der Waals surface area contributed by atoms with Crippen molar-refractivity contribution in [2.24, 2.45) is 16.6 Å².